The van der Waals surface area contributed by atoms with E-state index >= 15 is 0 Å². The molecule has 2 aromatic rings. The number of benzene rings is 2. The molecule has 7 heteroatoms. The number of ether oxygens (including phenoxy) is 3. The van der Waals surface area contributed by atoms with E-state index in [0.29, 0.717) is 50.4 Å². The maximum atomic E-state index is 11.2. The summed E-state index contributed by atoms with van der Waals surface area (Å²) in [6, 6.07) is 13.3. The van der Waals surface area contributed by atoms with Crippen LogP contribution in [0.3, 0.4) is 0 Å². The van der Waals surface area contributed by atoms with E-state index in [9.17, 15) is 19.8 Å². The summed E-state index contributed by atoms with van der Waals surface area (Å²) in [5, 5.41) is 18.4. The van der Waals surface area contributed by atoms with Crippen LogP contribution in [0.5, 0.6) is 17.2 Å². The molecule has 0 aliphatic rings. The third kappa shape index (κ3) is 9.29. The molecule has 0 aliphatic heterocycles. The van der Waals surface area contributed by atoms with Crippen molar-refractivity contribution in [2.75, 3.05) is 20.3 Å². The Morgan fingerprint density at radius 2 is 1.19 bits per heavy atom. The van der Waals surface area contributed by atoms with E-state index in [1.807, 2.05) is 54.6 Å². The van der Waals surface area contributed by atoms with E-state index in [4.69, 9.17) is 14.2 Å². The van der Waals surface area contributed by atoms with E-state index in [0.717, 1.165) is 16.9 Å². The van der Waals surface area contributed by atoms with Crippen LogP contribution in [-0.2, 0) is 9.59 Å². The topological polar surface area (TPSA) is 102 Å². The molecule has 0 fully saturated rings. The number of rotatable bonds is 15. The lowest BCUT2D eigenvalue weighted by Crippen LogP contribution is -2.24. The highest BCUT2D eigenvalue weighted by Gasteiger charge is 2.27. The predicted molar refractivity (Wildman–Crippen MR) is 141 cm³/mol. The maximum absolute atomic E-state index is 11.2. The van der Waals surface area contributed by atoms with Gasteiger partial charge in [-0.1, -0.05) is 24.3 Å². The first-order valence-electron chi connectivity index (χ1n) is 12.1. The van der Waals surface area contributed by atoms with Crippen LogP contribution in [0, 0.1) is 10.8 Å². The standard InChI is InChI=1S/C29H38O7/c1-28(2,26(30)31)14-6-16-35-23-12-10-21(11-13-23)8-9-22-18-24(34-5)20-25(19-22)36-17-7-15-29(3,4)27(32)33/h8-13,18-20H,6-7,14-17H2,1-5H3,(H,30,31)(H,32,33)/b9-8+. The van der Waals surface area contributed by atoms with Crippen LogP contribution in [0.4, 0.5) is 0 Å². The fraction of sp³-hybridized carbons (Fsp3) is 0.448. The molecule has 0 aromatic heterocycles. The van der Waals surface area contributed by atoms with Gasteiger partial charge in [0.2, 0.25) is 0 Å². The molecule has 2 N–H and O–H groups in total. The molecule has 0 radical (unpaired) electrons. The minimum absolute atomic E-state index is 0.419. The first-order chi connectivity index (χ1) is 16.9. The van der Waals surface area contributed by atoms with Gasteiger partial charge in [0, 0.05) is 6.07 Å². The third-order valence-electron chi connectivity index (χ3n) is 6.07. The van der Waals surface area contributed by atoms with Crippen LogP contribution < -0.4 is 14.2 Å². The number of hydrogen-bond acceptors (Lipinski definition) is 5. The van der Waals surface area contributed by atoms with E-state index in [1.165, 1.54) is 0 Å². The SMILES string of the molecule is COc1cc(/C=C/c2ccc(OCCCC(C)(C)C(=O)O)cc2)cc(OCCCC(C)(C)C(=O)O)c1. The molecular weight excluding hydrogens is 460 g/mol. The molecule has 2 aromatic carbocycles. The molecule has 196 valence electrons. The molecule has 0 amide bonds. The van der Waals surface area contributed by atoms with Gasteiger partial charge < -0.3 is 24.4 Å². The highest BCUT2D eigenvalue weighted by Crippen LogP contribution is 2.27. The Morgan fingerprint density at radius 1 is 0.722 bits per heavy atom. The molecule has 0 unspecified atom stereocenters. The minimum Gasteiger partial charge on any atom is -0.497 e. The van der Waals surface area contributed by atoms with Gasteiger partial charge in [-0.05, 0) is 88.8 Å². The lowest BCUT2D eigenvalue weighted by Gasteiger charge is -2.18. The van der Waals surface area contributed by atoms with Gasteiger partial charge in [0.15, 0.2) is 0 Å². The second-order valence-electron chi connectivity index (χ2n) is 10.1. The van der Waals surface area contributed by atoms with Gasteiger partial charge in [0.05, 0.1) is 31.2 Å². The molecule has 36 heavy (non-hydrogen) atoms. The monoisotopic (exact) mass is 498 g/mol. The Hall–Kier alpha value is -3.48. The normalized spacial score (nSPS) is 11.9. The van der Waals surface area contributed by atoms with Crippen molar-refractivity contribution in [2.24, 2.45) is 10.8 Å². The van der Waals surface area contributed by atoms with Crippen LogP contribution in [-0.4, -0.2) is 42.5 Å². The van der Waals surface area contributed by atoms with Crippen LogP contribution >= 0.6 is 0 Å². The fourth-order valence-electron chi connectivity index (χ4n) is 3.38. The number of hydrogen-bond donors (Lipinski definition) is 2. The lowest BCUT2D eigenvalue weighted by molar-refractivity contribution is -0.148. The largest absolute Gasteiger partial charge is 0.497 e. The summed E-state index contributed by atoms with van der Waals surface area (Å²) in [5.41, 5.74) is 0.385. The lowest BCUT2D eigenvalue weighted by atomic mass is 9.88. The van der Waals surface area contributed by atoms with Crippen molar-refractivity contribution in [1.82, 2.24) is 0 Å². The molecule has 0 bridgehead atoms. The summed E-state index contributed by atoms with van der Waals surface area (Å²) in [6.45, 7) is 7.75. The Balaban J connectivity index is 1.91. The van der Waals surface area contributed by atoms with Gasteiger partial charge in [-0.2, -0.15) is 0 Å². The highest BCUT2D eigenvalue weighted by molar-refractivity contribution is 5.74. The van der Waals surface area contributed by atoms with Crippen molar-refractivity contribution in [3.63, 3.8) is 0 Å². The summed E-state index contributed by atoms with van der Waals surface area (Å²) < 4.78 is 17.0. The molecule has 7 nitrogen and oxygen atoms in total. The van der Waals surface area contributed by atoms with E-state index in [2.05, 4.69) is 0 Å². The Bertz CT molecular complexity index is 1040. The number of carboxylic acid groups (broad SMARTS) is 2. The summed E-state index contributed by atoms with van der Waals surface area (Å²) in [4.78, 5) is 22.4. The second kappa shape index (κ2) is 13.0. The molecule has 0 saturated heterocycles. The van der Waals surface area contributed by atoms with Crippen LogP contribution in [0.15, 0.2) is 42.5 Å². The predicted octanol–water partition coefficient (Wildman–Crippen LogP) is 6.41. The maximum Gasteiger partial charge on any atom is 0.309 e. The Morgan fingerprint density at radius 3 is 1.69 bits per heavy atom. The molecular formula is C29H38O7. The summed E-state index contributed by atoms with van der Waals surface area (Å²) >= 11 is 0. The van der Waals surface area contributed by atoms with Gasteiger partial charge in [-0.25, -0.2) is 0 Å². The van der Waals surface area contributed by atoms with Crippen molar-refractivity contribution in [2.45, 2.75) is 53.4 Å². The zero-order valence-electron chi connectivity index (χ0n) is 21.9. The van der Waals surface area contributed by atoms with Crippen molar-refractivity contribution < 1.29 is 34.0 Å². The second-order valence-corrected chi connectivity index (χ2v) is 10.1. The molecule has 0 atom stereocenters. The van der Waals surface area contributed by atoms with Crippen molar-refractivity contribution in [1.29, 1.82) is 0 Å². The third-order valence-corrected chi connectivity index (χ3v) is 6.07. The number of methoxy groups -OCH3 is 1. The summed E-state index contributed by atoms with van der Waals surface area (Å²) in [5.74, 6) is 0.469. The first-order valence-corrected chi connectivity index (χ1v) is 12.1. The van der Waals surface area contributed by atoms with Gasteiger partial charge in [-0.3, -0.25) is 9.59 Å². The zero-order valence-corrected chi connectivity index (χ0v) is 21.9. The van der Waals surface area contributed by atoms with Crippen molar-refractivity contribution >= 4 is 24.1 Å². The molecule has 0 spiro atoms. The van der Waals surface area contributed by atoms with Crippen molar-refractivity contribution in [3.05, 3.63) is 53.6 Å². The Labute approximate surface area is 213 Å². The average Bonchev–Trinajstić information content (AvgIpc) is 2.83. The van der Waals surface area contributed by atoms with E-state index < -0.39 is 22.8 Å². The zero-order chi connectivity index (χ0) is 26.8. The smallest absolute Gasteiger partial charge is 0.309 e. The van der Waals surface area contributed by atoms with Gasteiger partial charge in [-0.15, -0.1) is 0 Å². The average molecular weight is 499 g/mol. The highest BCUT2D eigenvalue weighted by atomic mass is 16.5. The summed E-state index contributed by atoms with van der Waals surface area (Å²) in [7, 11) is 1.60. The van der Waals surface area contributed by atoms with Crippen LogP contribution in [0.2, 0.25) is 0 Å². The van der Waals surface area contributed by atoms with E-state index in [1.54, 1.807) is 34.8 Å². The molecule has 0 aliphatic carbocycles. The molecule has 2 rings (SSSR count). The fourth-order valence-corrected chi connectivity index (χ4v) is 3.38. The molecule has 0 saturated carbocycles. The number of aliphatic carboxylic acids is 2. The first kappa shape index (κ1) is 28.8. The van der Waals surface area contributed by atoms with Gasteiger partial charge in [0.1, 0.15) is 17.2 Å². The van der Waals surface area contributed by atoms with E-state index in [-0.39, 0.29) is 0 Å². The minimum atomic E-state index is -0.810. The van der Waals surface area contributed by atoms with Crippen LogP contribution in [0.25, 0.3) is 12.2 Å². The number of carbonyl (C=O) groups is 2. The van der Waals surface area contributed by atoms with Gasteiger partial charge in [0.25, 0.3) is 0 Å². The van der Waals surface area contributed by atoms with Crippen molar-refractivity contribution in [3.8, 4) is 17.2 Å². The van der Waals surface area contributed by atoms with Gasteiger partial charge >= 0.3 is 11.9 Å². The Kier molecular flexibility index (Phi) is 10.4. The number of carboxylic acids is 2. The summed E-state index contributed by atoms with van der Waals surface area (Å²) in [6.07, 6.45) is 6.32. The van der Waals surface area contributed by atoms with Crippen LogP contribution in [0.1, 0.15) is 64.5 Å². The molecule has 0 heterocycles. The quantitative estimate of drug-likeness (QED) is 0.216.